The number of nitrogens with zero attached hydrogens (tertiary/aromatic N) is 1. The van der Waals surface area contributed by atoms with Crippen LogP contribution < -0.4 is 0 Å². The largest absolute Gasteiger partial charge is 0.481 e. The van der Waals surface area contributed by atoms with Gasteiger partial charge >= 0.3 is 0 Å². The van der Waals surface area contributed by atoms with Crippen molar-refractivity contribution in [1.29, 1.82) is 0 Å². The van der Waals surface area contributed by atoms with E-state index in [1.807, 2.05) is 23.6 Å². The molecule has 0 aromatic rings. The lowest BCUT2D eigenvalue weighted by Gasteiger charge is -1.92. The SMILES string of the molecule is COC1=NSC=CC=C1. The van der Waals surface area contributed by atoms with Gasteiger partial charge in [0.15, 0.2) is 0 Å². The first-order valence-electron chi connectivity index (χ1n) is 2.54. The van der Waals surface area contributed by atoms with Crippen molar-refractivity contribution in [3.8, 4) is 0 Å². The molecule has 0 bridgehead atoms. The molecule has 0 saturated heterocycles. The van der Waals surface area contributed by atoms with Crippen LogP contribution >= 0.6 is 11.9 Å². The maximum atomic E-state index is 4.87. The second kappa shape index (κ2) is 3.35. The Morgan fingerprint density at radius 2 is 2.44 bits per heavy atom. The molecule has 48 valence electrons. The van der Waals surface area contributed by atoms with Gasteiger partial charge in [-0.3, -0.25) is 0 Å². The summed E-state index contributed by atoms with van der Waals surface area (Å²) in [6.45, 7) is 0. The highest BCUT2D eigenvalue weighted by atomic mass is 32.2. The Balaban J connectivity index is 2.63. The normalized spacial score (nSPS) is 16.8. The zero-order chi connectivity index (χ0) is 6.53. The zero-order valence-corrected chi connectivity index (χ0v) is 5.89. The Kier molecular flexibility index (Phi) is 2.39. The number of rotatable bonds is 0. The first-order chi connectivity index (χ1) is 4.43. The number of methoxy groups -OCH3 is 1. The molecule has 2 nitrogen and oxygen atoms in total. The van der Waals surface area contributed by atoms with Crippen LogP contribution in [0.4, 0.5) is 0 Å². The van der Waals surface area contributed by atoms with E-state index in [4.69, 9.17) is 4.74 Å². The standard InChI is InChI=1S/C6H7NOS/c1-8-6-4-2-3-5-9-7-6/h2-5H,1H3. The number of allylic oxidation sites excluding steroid dienone is 2. The van der Waals surface area contributed by atoms with Gasteiger partial charge in [-0.1, -0.05) is 12.2 Å². The quantitative estimate of drug-likeness (QED) is 0.479. The van der Waals surface area contributed by atoms with E-state index in [-0.39, 0.29) is 0 Å². The summed E-state index contributed by atoms with van der Waals surface area (Å²) >= 11 is 1.37. The second-order valence-corrected chi connectivity index (χ2v) is 2.09. The van der Waals surface area contributed by atoms with Crippen molar-refractivity contribution in [2.75, 3.05) is 7.11 Å². The minimum absolute atomic E-state index is 0.657. The second-order valence-electron chi connectivity index (χ2n) is 1.43. The van der Waals surface area contributed by atoms with E-state index in [0.29, 0.717) is 5.90 Å². The molecule has 1 rings (SSSR count). The molecule has 0 fully saturated rings. The summed E-state index contributed by atoms with van der Waals surface area (Å²) in [7, 11) is 1.61. The number of hydrogen-bond acceptors (Lipinski definition) is 3. The van der Waals surface area contributed by atoms with Crippen LogP contribution in [0, 0.1) is 0 Å². The molecule has 9 heavy (non-hydrogen) atoms. The van der Waals surface area contributed by atoms with Crippen LogP contribution in [0.1, 0.15) is 0 Å². The summed E-state index contributed by atoms with van der Waals surface area (Å²) < 4.78 is 8.85. The highest BCUT2D eigenvalue weighted by Crippen LogP contribution is 2.08. The maximum Gasteiger partial charge on any atom is 0.220 e. The molecule has 1 heterocycles. The lowest BCUT2D eigenvalue weighted by Crippen LogP contribution is -1.92. The van der Waals surface area contributed by atoms with Gasteiger partial charge in [0.05, 0.1) is 7.11 Å². The molecule has 0 atom stereocenters. The minimum atomic E-state index is 0.657. The van der Waals surface area contributed by atoms with Crippen LogP contribution in [-0.2, 0) is 4.74 Å². The predicted octanol–water partition coefficient (Wildman–Crippen LogP) is 1.76. The first-order valence-corrected chi connectivity index (χ1v) is 3.38. The van der Waals surface area contributed by atoms with Gasteiger partial charge in [-0.15, -0.1) is 0 Å². The monoisotopic (exact) mass is 141 g/mol. The summed E-state index contributed by atoms with van der Waals surface area (Å²) in [5.74, 6) is 0.657. The summed E-state index contributed by atoms with van der Waals surface area (Å²) in [4.78, 5) is 0. The summed E-state index contributed by atoms with van der Waals surface area (Å²) in [6.07, 6.45) is 5.62. The van der Waals surface area contributed by atoms with Gasteiger partial charge in [-0.05, 0) is 5.41 Å². The third kappa shape index (κ3) is 1.93. The molecule has 0 spiro atoms. The number of ether oxygens (including phenoxy) is 1. The lowest BCUT2D eigenvalue weighted by molar-refractivity contribution is 0.408. The Labute approximate surface area is 58.4 Å². The van der Waals surface area contributed by atoms with Crippen molar-refractivity contribution in [1.82, 2.24) is 0 Å². The Hall–Kier alpha value is -0.700. The topological polar surface area (TPSA) is 21.6 Å². The smallest absolute Gasteiger partial charge is 0.220 e. The van der Waals surface area contributed by atoms with E-state index in [2.05, 4.69) is 4.40 Å². The van der Waals surface area contributed by atoms with E-state index in [1.165, 1.54) is 11.9 Å². The van der Waals surface area contributed by atoms with Gasteiger partial charge in [0.2, 0.25) is 5.90 Å². The third-order valence-corrected chi connectivity index (χ3v) is 1.41. The maximum absolute atomic E-state index is 4.87. The summed E-state index contributed by atoms with van der Waals surface area (Å²) in [5, 5.41) is 1.89. The van der Waals surface area contributed by atoms with Crippen LogP contribution in [0.3, 0.4) is 0 Å². The molecule has 0 N–H and O–H groups in total. The van der Waals surface area contributed by atoms with Gasteiger partial charge in [-0.25, -0.2) is 0 Å². The molecule has 1 aliphatic heterocycles. The average Bonchev–Trinajstić information content (AvgIpc) is 2.13. The Bertz CT molecular complexity index is 172. The third-order valence-electron chi connectivity index (χ3n) is 0.841. The van der Waals surface area contributed by atoms with Crippen molar-refractivity contribution >= 4 is 17.8 Å². The molecule has 0 unspecified atom stereocenters. The number of hydrogen-bond donors (Lipinski definition) is 0. The van der Waals surface area contributed by atoms with Crippen molar-refractivity contribution in [3.05, 3.63) is 23.6 Å². The van der Waals surface area contributed by atoms with Gasteiger partial charge in [0, 0.05) is 18.0 Å². The van der Waals surface area contributed by atoms with Crippen molar-refractivity contribution in [2.45, 2.75) is 0 Å². The van der Waals surface area contributed by atoms with Crippen LogP contribution in [0.2, 0.25) is 0 Å². The minimum Gasteiger partial charge on any atom is -0.481 e. The molecular weight excluding hydrogens is 134 g/mol. The highest BCUT2D eigenvalue weighted by Gasteiger charge is 1.90. The van der Waals surface area contributed by atoms with E-state index < -0.39 is 0 Å². The average molecular weight is 141 g/mol. The molecule has 0 radical (unpaired) electrons. The van der Waals surface area contributed by atoms with Gasteiger partial charge in [-0.2, -0.15) is 4.40 Å². The van der Waals surface area contributed by atoms with E-state index in [1.54, 1.807) is 7.11 Å². The summed E-state index contributed by atoms with van der Waals surface area (Å²) in [6, 6.07) is 0. The molecule has 1 aliphatic rings. The fourth-order valence-corrected chi connectivity index (χ4v) is 0.898. The fraction of sp³-hybridized carbons (Fsp3) is 0.167. The van der Waals surface area contributed by atoms with Crippen molar-refractivity contribution < 1.29 is 4.74 Å². The molecule has 0 aromatic carbocycles. The molecule has 0 saturated carbocycles. The van der Waals surface area contributed by atoms with Crippen molar-refractivity contribution in [2.24, 2.45) is 4.40 Å². The Morgan fingerprint density at radius 1 is 1.56 bits per heavy atom. The molecular formula is C6H7NOS. The van der Waals surface area contributed by atoms with Crippen LogP contribution in [0.5, 0.6) is 0 Å². The zero-order valence-electron chi connectivity index (χ0n) is 5.07. The predicted molar refractivity (Wildman–Crippen MR) is 40.3 cm³/mol. The van der Waals surface area contributed by atoms with E-state index in [0.717, 1.165) is 0 Å². The molecule has 3 heteroatoms. The van der Waals surface area contributed by atoms with Crippen LogP contribution in [-0.4, -0.2) is 13.0 Å². The Morgan fingerprint density at radius 3 is 3.22 bits per heavy atom. The molecule has 0 aliphatic carbocycles. The van der Waals surface area contributed by atoms with Gasteiger partial charge < -0.3 is 4.74 Å². The van der Waals surface area contributed by atoms with Crippen LogP contribution in [0.15, 0.2) is 28.0 Å². The fourth-order valence-electron chi connectivity index (χ4n) is 0.436. The van der Waals surface area contributed by atoms with Crippen LogP contribution in [0.25, 0.3) is 0 Å². The van der Waals surface area contributed by atoms with Gasteiger partial charge in [0.1, 0.15) is 0 Å². The lowest BCUT2D eigenvalue weighted by atomic mass is 10.5. The summed E-state index contributed by atoms with van der Waals surface area (Å²) in [5.41, 5.74) is 0. The molecule has 0 amide bonds. The van der Waals surface area contributed by atoms with E-state index in [9.17, 15) is 0 Å². The van der Waals surface area contributed by atoms with Gasteiger partial charge in [0.25, 0.3) is 0 Å². The molecule has 0 aromatic heterocycles. The van der Waals surface area contributed by atoms with E-state index >= 15 is 0 Å². The highest BCUT2D eigenvalue weighted by molar-refractivity contribution is 8.01. The first kappa shape index (κ1) is 6.42. The van der Waals surface area contributed by atoms with Crippen molar-refractivity contribution in [3.63, 3.8) is 0 Å².